The van der Waals surface area contributed by atoms with Gasteiger partial charge in [-0.05, 0) is 61.1 Å². The SMILES string of the molecule is COc1cc(C=CC(=O)NNC(=O)c2cc3c(s2)CCCC3)ccc1OC(F)F. The highest BCUT2D eigenvalue weighted by molar-refractivity contribution is 7.14. The Balaban J connectivity index is 1.55. The standard InChI is InChI=1S/C20H20F2N2O4S/c1-27-15-10-12(6-8-14(15)28-20(21)22)7-9-18(25)23-24-19(26)17-11-13-4-2-3-5-16(13)29-17/h6-11,20H,2-5H2,1H3,(H,23,25)(H,24,26). The van der Waals surface area contributed by atoms with Gasteiger partial charge in [0.05, 0.1) is 12.0 Å². The quantitative estimate of drug-likeness (QED) is 0.550. The topological polar surface area (TPSA) is 76.7 Å². The van der Waals surface area contributed by atoms with Gasteiger partial charge in [-0.15, -0.1) is 11.3 Å². The molecule has 0 aliphatic heterocycles. The lowest BCUT2D eigenvalue weighted by Crippen LogP contribution is -2.40. The van der Waals surface area contributed by atoms with Crippen molar-refractivity contribution in [1.82, 2.24) is 10.9 Å². The summed E-state index contributed by atoms with van der Waals surface area (Å²) in [6.45, 7) is -2.96. The number of hydrazine groups is 1. The monoisotopic (exact) mass is 422 g/mol. The second-order valence-electron chi connectivity index (χ2n) is 6.33. The number of carbonyl (C=O) groups excluding carboxylic acids is 2. The molecule has 2 amide bonds. The summed E-state index contributed by atoms with van der Waals surface area (Å²) in [5.74, 6) is -0.884. The first-order valence-electron chi connectivity index (χ1n) is 8.99. The first-order chi connectivity index (χ1) is 14.0. The Kier molecular flexibility index (Phi) is 6.82. The minimum absolute atomic E-state index is 0.102. The maximum atomic E-state index is 12.4. The Morgan fingerprint density at radius 3 is 2.66 bits per heavy atom. The van der Waals surface area contributed by atoms with Crippen LogP contribution in [0.25, 0.3) is 6.08 Å². The van der Waals surface area contributed by atoms with Crippen LogP contribution in [-0.4, -0.2) is 25.5 Å². The number of fused-ring (bicyclic) bond motifs is 1. The number of ether oxygens (including phenoxy) is 2. The lowest BCUT2D eigenvalue weighted by Gasteiger charge is -2.10. The number of halogens is 2. The highest BCUT2D eigenvalue weighted by Gasteiger charge is 2.17. The van der Waals surface area contributed by atoms with E-state index < -0.39 is 12.5 Å². The van der Waals surface area contributed by atoms with Crippen LogP contribution in [0.5, 0.6) is 11.5 Å². The highest BCUT2D eigenvalue weighted by Crippen LogP contribution is 2.30. The second kappa shape index (κ2) is 9.51. The zero-order valence-electron chi connectivity index (χ0n) is 15.7. The van der Waals surface area contributed by atoms with Gasteiger partial charge in [-0.25, -0.2) is 0 Å². The van der Waals surface area contributed by atoms with Gasteiger partial charge in [0.15, 0.2) is 11.5 Å². The van der Waals surface area contributed by atoms with Crippen LogP contribution in [0.4, 0.5) is 8.78 Å². The van der Waals surface area contributed by atoms with Crippen LogP contribution < -0.4 is 20.3 Å². The number of carbonyl (C=O) groups is 2. The molecule has 6 nitrogen and oxygen atoms in total. The van der Waals surface area contributed by atoms with E-state index in [9.17, 15) is 18.4 Å². The average molecular weight is 422 g/mol. The Morgan fingerprint density at radius 1 is 1.14 bits per heavy atom. The summed E-state index contributed by atoms with van der Waals surface area (Å²) in [7, 11) is 1.33. The Hall–Kier alpha value is -2.94. The average Bonchev–Trinajstić information content (AvgIpc) is 3.15. The summed E-state index contributed by atoms with van der Waals surface area (Å²) in [5, 5.41) is 0. The number of hydrogen-bond donors (Lipinski definition) is 2. The molecule has 9 heteroatoms. The van der Waals surface area contributed by atoms with E-state index in [2.05, 4.69) is 15.6 Å². The van der Waals surface area contributed by atoms with E-state index in [1.807, 2.05) is 6.07 Å². The van der Waals surface area contributed by atoms with Gasteiger partial charge in [0, 0.05) is 11.0 Å². The number of amides is 2. The fourth-order valence-electron chi connectivity index (χ4n) is 2.98. The third-order valence-electron chi connectivity index (χ3n) is 4.35. The van der Waals surface area contributed by atoms with Gasteiger partial charge >= 0.3 is 6.61 Å². The minimum Gasteiger partial charge on any atom is -0.493 e. The molecule has 2 aromatic rings. The molecule has 0 saturated carbocycles. The number of hydrogen-bond acceptors (Lipinski definition) is 5. The van der Waals surface area contributed by atoms with Crippen molar-refractivity contribution in [3.05, 3.63) is 51.2 Å². The number of thiophene rings is 1. The predicted molar refractivity (Wildman–Crippen MR) is 105 cm³/mol. The van der Waals surface area contributed by atoms with Crippen LogP contribution in [0.3, 0.4) is 0 Å². The van der Waals surface area contributed by atoms with Crippen LogP contribution >= 0.6 is 11.3 Å². The van der Waals surface area contributed by atoms with Crippen molar-refractivity contribution in [1.29, 1.82) is 0 Å². The molecular formula is C20H20F2N2O4S. The Bertz CT molecular complexity index is 904. The van der Waals surface area contributed by atoms with Crippen molar-refractivity contribution in [3.8, 4) is 11.5 Å². The molecule has 1 heterocycles. The molecule has 154 valence electrons. The molecule has 29 heavy (non-hydrogen) atoms. The van der Waals surface area contributed by atoms with Gasteiger partial charge in [-0.1, -0.05) is 6.07 Å². The number of aryl methyl sites for hydroxylation is 2. The summed E-state index contributed by atoms with van der Waals surface area (Å²) in [6.07, 6.45) is 6.91. The molecule has 0 bridgehead atoms. The van der Waals surface area contributed by atoms with Crippen molar-refractivity contribution in [2.24, 2.45) is 0 Å². The first-order valence-corrected chi connectivity index (χ1v) is 9.80. The molecule has 0 spiro atoms. The number of rotatable bonds is 6. The number of benzene rings is 1. The van der Waals surface area contributed by atoms with Crippen LogP contribution in [-0.2, 0) is 17.6 Å². The van der Waals surface area contributed by atoms with Crippen molar-refractivity contribution >= 4 is 29.2 Å². The van der Waals surface area contributed by atoms with Crippen molar-refractivity contribution in [3.63, 3.8) is 0 Å². The van der Waals surface area contributed by atoms with E-state index in [0.29, 0.717) is 10.4 Å². The molecule has 0 fully saturated rings. The maximum Gasteiger partial charge on any atom is 0.387 e. The lowest BCUT2D eigenvalue weighted by molar-refractivity contribution is -0.117. The summed E-state index contributed by atoms with van der Waals surface area (Å²) < 4.78 is 34.1. The molecule has 0 radical (unpaired) electrons. The number of alkyl halides is 2. The minimum atomic E-state index is -2.96. The van der Waals surface area contributed by atoms with Crippen LogP contribution in [0.15, 0.2) is 30.3 Å². The van der Waals surface area contributed by atoms with Gasteiger partial charge in [0.25, 0.3) is 11.8 Å². The van der Waals surface area contributed by atoms with E-state index in [1.165, 1.54) is 59.2 Å². The van der Waals surface area contributed by atoms with Crippen molar-refractivity contribution < 1.29 is 27.8 Å². The molecule has 1 aliphatic carbocycles. The maximum absolute atomic E-state index is 12.4. The Morgan fingerprint density at radius 2 is 1.93 bits per heavy atom. The molecule has 2 N–H and O–H groups in total. The fraction of sp³-hybridized carbons (Fsp3) is 0.300. The number of nitrogens with one attached hydrogen (secondary N) is 2. The first kappa shape index (κ1) is 20.8. The van der Waals surface area contributed by atoms with E-state index >= 15 is 0 Å². The Labute approximate surface area is 170 Å². The van der Waals surface area contributed by atoms with Crippen LogP contribution in [0.1, 0.15) is 38.5 Å². The van der Waals surface area contributed by atoms with E-state index in [0.717, 1.165) is 25.7 Å². The summed E-state index contributed by atoms with van der Waals surface area (Å²) in [4.78, 5) is 26.0. The molecule has 1 aromatic heterocycles. The lowest BCUT2D eigenvalue weighted by atomic mass is 9.99. The summed E-state index contributed by atoms with van der Waals surface area (Å²) in [5.41, 5.74) is 6.47. The highest BCUT2D eigenvalue weighted by atomic mass is 32.1. The molecule has 1 aromatic carbocycles. The van der Waals surface area contributed by atoms with Crippen LogP contribution in [0.2, 0.25) is 0 Å². The summed E-state index contributed by atoms with van der Waals surface area (Å²) >= 11 is 1.45. The normalized spacial score (nSPS) is 13.2. The van der Waals surface area contributed by atoms with Gasteiger partial charge < -0.3 is 9.47 Å². The largest absolute Gasteiger partial charge is 0.493 e. The van der Waals surface area contributed by atoms with E-state index in [-0.39, 0.29) is 17.4 Å². The van der Waals surface area contributed by atoms with Gasteiger partial charge in [0.1, 0.15) is 0 Å². The predicted octanol–water partition coefficient (Wildman–Crippen LogP) is 3.71. The molecule has 0 atom stereocenters. The zero-order chi connectivity index (χ0) is 20.8. The summed E-state index contributed by atoms with van der Waals surface area (Å²) in [6, 6.07) is 6.16. The second-order valence-corrected chi connectivity index (χ2v) is 7.47. The zero-order valence-corrected chi connectivity index (χ0v) is 16.5. The molecule has 0 unspecified atom stereocenters. The van der Waals surface area contributed by atoms with Crippen molar-refractivity contribution in [2.75, 3.05) is 7.11 Å². The third-order valence-corrected chi connectivity index (χ3v) is 5.59. The fourth-order valence-corrected chi connectivity index (χ4v) is 4.13. The third kappa shape index (κ3) is 5.54. The molecule has 3 rings (SSSR count). The molecular weight excluding hydrogens is 402 g/mol. The van der Waals surface area contributed by atoms with Gasteiger partial charge in [0.2, 0.25) is 0 Å². The van der Waals surface area contributed by atoms with Gasteiger partial charge in [-0.2, -0.15) is 8.78 Å². The van der Waals surface area contributed by atoms with E-state index in [4.69, 9.17) is 4.74 Å². The number of methoxy groups -OCH3 is 1. The smallest absolute Gasteiger partial charge is 0.387 e. The van der Waals surface area contributed by atoms with E-state index in [1.54, 1.807) is 0 Å². The molecule has 0 saturated heterocycles. The van der Waals surface area contributed by atoms with Crippen LogP contribution in [0, 0.1) is 0 Å². The van der Waals surface area contributed by atoms with Crippen molar-refractivity contribution in [2.45, 2.75) is 32.3 Å². The van der Waals surface area contributed by atoms with Gasteiger partial charge in [-0.3, -0.25) is 20.4 Å². The molecule has 1 aliphatic rings.